The highest BCUT2D eigenvalue weighted by molar-refractivity contribution is 7.00. The third kappa shape index (κ3) is 5.74. The Hall–Kier alpha value is -6.58. The molecule has 0 spiro atoms. The van der Waals surface area contributed by atoms with Crippen LogP contribution in [0.3, 0.4) is 0 Å². The standard InChI is InChI=1S/C60H57BN4O/c1-59(2,3)38-32-34-42(35-33-38)63-51-37-39(60(4,5)6)36-50-53(51)61(57-54(63)45-25-13-16-28-47(45)64(57)41-22-11-8-12-23-41)58-55(62(50)40-20-9-7-10-21-40)46-26-14-17-29-48(46)65(58)49-30-19-27-44-43-24-15-18-31-52(43)66-56(44)49/h7-11,15,18,20-22,24,27,31-37H,12-14,16-17,23,25-26,28-29H2,1-6H3. The zero-order valence-corrected chi connectivity index (χ0v) is 39.3. The van der Waals surface area contributed by atoms with Crippen LogP contribution in [0.5, 0.6) is 0 Å². The molecule has 0 saturated carbocycles. The molecule has 0 atom stereocenters. The zero-order valence-electron chi connectivity index (χ0n) is 39.3. The van der Waals surface area contributed by atoms with Crippen LogP contribution < -0.4 is 26.4 Å². The van der Waals surface area contributed by atoms with Crippen LogP contribution in [0.15, 0.2) is 125 Å². The van der Waals surface area contributed by atoms with Crippen molar-refractivity contribution in [3.05, 3.63) is 166 Å². The number of aromatic nitrogens is 2. The van der Waals surface area contributed by atoms with Crippen molar-refractivity contribution < 1.29 is 4.42 Å². The summed E-state index contributed by atoms with van der Waals surface area (Å²) in [6, 6.07) is 34.4. The Kier molecular flexibility index (Phi) is 8.71. The average molecular weight is 861 g/mol. The molecule has 326 valence electrons. The minimum absolute atomic E-state index is 0.0414. The molecule has 0 unspecified atom stereocenters. The van der Waals surface area contributed by atoms with Gasteiger partial charge in [-0.05, 0) is 157 Å². The molecule has 0 N–H and O–H groups in total. The molecule has 2 aliphatic heterocycles. The first-order chi connectivity index (χ1) is 32.1. The summed E-state index contributed by atoms with van der Waals surface area (Å²) in [5.74, 6) is 0.882. The Balaban J connectivity index is 1.22. The molecule has 0 saturated heterocycles. The number of nitrogens with zero attached hydrogens (tertiary/aromatic N) is 4. The number of rotatable bonds is 4. The molecular weight excluding hydrogens is 803 g/mol. The first kappa shape index (κ1) is 39.8. The normalized spacial score (nSPS) is 17.0. The SMILES string of the molecule is CC(C)(C)c1ccc(N2c3cc(C(C)(C)C)cc4c3B(c3c(c5c(n3C3=C=C=Cc6c3oc3ccccc63)CCCC5)N4c3ccccc3)c3c2c2c(n3C3=CC=CCC3)CCCC2)cc1. The van der Waals surface area contributed by atoms with E-state index in [9.17, 15) is 0 Å². The largest absolute Gasteiger partial charge is 0.453 e. The van der Waals surface area contributed by atoms with Crippen molar-refractivity contribution in [1.82, 2.24) is 9.13 Å². The Labute approximate surface area is 389 Å². The quantitative estimate of drug-likeness (QED) is 0.130. The number of furan rings is 1. The van der Waals surface area contributed by atoms with Gasteiger partial charge in [-0.25, -0.2) is 0 Å². The third-order valence-corrected chi connectivity index (χ3v) is 15.5. The second-order valence-corrected chi connectivity index (χ2v) is 21.5. The van der Waals surface area contributed by atoms with Gasteiger partial charge in [0.2, 0.25) is 0 Å². The number of para-hydroxylation sites is 2. The van der Waals surface area contributed by atoms with E-state index in [4.69, 9.17) is 4.42 Å². The van der Waals surface area contributed by atoms with E-state index in [0.717, 1.165) is 79.4 Å². The summed E-state index contributed by atoms with van der Waals surface area (Å²) in [5.41, 5.74) is 32.0. The van der Waals surface area contributed by atoms with Crippen LogP contribution in [0.25, 0.3) is 28.4 Å². The molecule has 7 aromatic rings. The molecule has 0 radical (unpaired) electrons. The second-order valence-electron chi connectivity index (χ2n) is 21.5. The van der Waals surface area contributed by atoms with Crippen LogP contribution >= 0.6 is 0 Å². The summed E-state index contributed by atoms with van der Waals surface area (Å²) in [5, 5.41) is 1.12. The predicted molar refractivity (Wildman–Crippen MR) is 276 cm³/mol. The van der Waals surface area contributed by atoms with Crippen LogP contribution in [0.4, 0.5) is 34.1 Å². The highest BCUT2D eigenvalue weighted by Crippen LogP contribution is 2.52. The van der Waals surface area contributed by atoms with Crippen molar-refractivity contribution in [3.63, 3.8) is 0 Å². The molecule has 6 aliphatic rings. The van der Waals surface area contributed by atoms with Crippen molar-refractivity contribution in [1.29, 1.82) is 0 Å². The van der Waals surface area contributed by atoms with Gasteiger partial charge >= 0.3 is 0 Å². The first-order valence-corrected chi connectivity index (χ1v) is 24.6. The van der Waals surface area contributed by atoms with E-state index in [1.807, 2.05) is 0 Å². The number of allylic oxidation sites excluding steroid dienone is 4. The Morgan fingerprint density at radius 1 is 0.621 bits per heavy atom. The van der Waals surface area contributed by atoms with Gasteiger partial charge in [-0.2, -0.15) is 0 Å². The number of hydrogen-bond acceptors (Lipinski definition) is 3. The molecule has 0 amide bonds. The highest BCUT2D eigenvalue weighted by Gasteiger charge is 2.52. The first-order valence-electron chi connectivity index (χ1n) is 24.6. The summed E-state index contributed by atoms with van der Waals surface area (Å²) in [6.07, 6.45) is 20.1. The molecule has 4 aromatic carbocycles. The number of hydrogen-bond donors (Lipinski definition) is 0. The summed E-state index contributed by atoms with van der Waals surface area (Å²) in [7, 11) is 0. The van der Waals surface area contributed by atoms with E-state index in [1.165, 1.54) is 103 Å². The van der Waals surface area contributed by atoms with Crippen molar-refractivity contribution in [2.45, 2.75) is 117 Å². The van der Waals surface area contributed by atoms with Crippen molar-refractivity contribution in [2.75, 3.05) is 9.80 Å². The Morgan fingerprint density at radius 2 is 1.23 bits per heavy atom. The summed E-state index contributed by atoms with van der Waals surface area (Å²) in [6.45, 7) is 14.0. The lowest BCUT2D eigenvalue weighted by Gasteiger charge is -2.44. The number of fused-ring (bicyclic) bond motifs is 11. The third-order valence-electron chi connectivity index (χ3n) is 15.5. The van der Waals surface area contributed by atoms with Crippen LogP contribution in [0, 0.1) is 0 Å². The van der Waals surface area contributed by atoms with Crippen molar-refractivity contribution in [2.24, 2.45) is 0 Å². The highest BCUT2D eigenvalue weighted by atomic mass is 16.3. The summed E-state index contributed by atoms with van der Waals surface area (Å²) >= 11 is 0. The van der Waals surface area contributed by atoms with E-state index < -0.39 is 0 Å². The molecule has 6 heteroatoms. The second kappa shape index (κ2) is 14.5. The molecule has 5 heterocycles. The molecule has 0 bridgehead atoms. The monoisotopic (exact) mass is 860 g/mol. The fraction of sp³-hybridized carbons (Fsp3) is 0.300. The minimum Gasteiger partial charge on any atom is -0.453 e. The van der Waals surface area contributed by atoms with E-state index in [1.54, 1.807) is 0 Å². The van der Waals surface area contributed by atoms with Gasteiger partial charge in [0.25, 0.3) is 6.71 Å². The van der Waals surface area contributed by atoms with E-state index in [0.29, 0.717) is 0 Å². The lowest BCUT2D eigenvalue weighted by atomic mass is 9.36. The molecule has 4 aliphatic carbocycles. The Morgan fingerprint density at radius 3 is 1.88 bits per heavy atom. The van der Waals surface area contributed by atoms with Gasteiger partial charge < -0.3 is 23.4 Å². The number of anilines is 6. The van der Waals surface area contributed by atoms with Crippen molar-refractivity contribution >= 4 is 85.9 Å². The van der Waals surface area contributed by atoms with Crippen molar-refractivity contribution in [3.8, 4) is 0 Å². The molecule has 0 fully saturated rings. The van der Waals surface area contributed by atoms with Crippen LogP contribution in [0.2, 0.25) is 0 Å². The fourth-order valence-corrected chi connectivity index (χ4v) is 12.3. The molecule has 5 nitrogen and oxygen atoms in total. The van der Waals surface area contributed by atoms with Gasteiger partial charge in [-0.1, -0.05) is 108 Å². The van der Waals surface area contributed by atoms with Gasteiger partial charge in [0, 0.05) is 68.0 Å². The van der Waals surface area contributed by atoms with Crippen LogP contribution in [-0.4, -0.2) is 15.8 Å². The zero-order chi connectivity index (χ0) is 44.6. The number of benzene rings is 4. The van der Waals surface area contributed by atoms with Gasteiger partial charge in [-0.15, -0.1) is 0 Å². The van der Waals surface area contributed by atoms with E-state index in [-0.39, 0.29) is 17.5 Å². The maximum atomic E-state index is 6.98. The van der Waals surface area contributed by atoms with Crippen LogP contribution in [-0.2, 0) is 36.5 Å². The summed E-state index contributed by atoms with van der Waals surface area (Å²) in [4.78, 5) is 5.39. The lowest BCUT2D eigenvalue weighted by Crippen LogP contribution is -2.64. The maximum Gasteiger partial charge on any atom is 0.294 e. The van der Waals surface area contributed by atoms with E-state index in [2.05, 4.69) is 187 Å². The van der Waals surface area contributed by atoms with Gasteiger partial charge in [0.1, 0.15) is 11.3 Å². The lowest BCUT2D eigenvalue weighted by molar-refractivity contribution is 0.590. The van der Waals surface area contributed by atoms with Gasteiger partial charge in [-0.3, -0.25) is 0 Å². The molecule has 13 rings (SSSR count). The van der Waals surface area contributed by atoms with Gasteiger partial charge in [0.05, 0.1) is 11.4 Å². The average Bonchev–Trinajstić information content (AvgIpc) is 4.00. The van der Waals surface area contributed by atoms with E-state index >= 15 is 0 Å². The molecule has 3 aromatic heterocycles. The molecular formula is C60H57BN4O. The maximum absolute atomic E-state index is 6.98. The summed E-state index contributed by atoms with van der Waals surface area (Å²) < 4.78 is 12.4. The predicted octanol–water partition coefficient (Wildman–Crippen LogP) is 13.3. The minimum atomic E-state index is -0.108. The smallest absolute Gasteiger partial charge is 0.294 e. The topological polar surface area (TPSA) is 29.5 Å². The fourth-order valence-electron chi connectivity index (χ4n) is 12.3. The molecule has 66 heavy (non-hydrogen) atoms. The Bertz CT molecular complexity index is 3360. The van der Waals surface area contributed by atoms with Crippen LogP contribution in [0.1, 0.15) is 125 Å². The van der Waals surface area contributed by atoms with Gasteiger partial charge in [0.15, 0.2) is 5.76 Å².